The zero-order valence-corrected chi connectivity index (χ0v) is 19.1. The second-order valence-electron chi connectivity index (χ2n) is 7.74. The van der Waals surface area contributed by atoms with E-state index in [0.29, 0.717) is 6.42 Å². The number of hydrogen-bond acceptors (Lipinski definition) is 5. The number of primary amides is 1. The van der Waals surface area contributed by atoms with Crippen molar-refractivity contribution in [2.45, 2.75) is 116 Å². The number of carbonyl (C=O) groups is 2. The zero-order valence-electron chi connectivity index (χ0n) is 18.3. The van der Waals surface area contributed by atoms with Gasteiger partial charge in [-0.3, -0.25) is 4.79 Å². The minimum atomic E-state index is -2.78. The summed E-state index contributed by atoms with van der Waals surface area (Å²) in [5, 5.41) is 0. The van der Waals surface area contributed by atoms with Crippen LogP contribution in [-0.2, 0) is 24.6 Å². The maximum atomic E-state index is 11.6. The van der Waals surface area contributed by atoms with E-state index in [4.69, 9.17) is 10.5 Å². The van der Waals surface area contributed by atoms with E-state index in [1.165, 1.54) is 83.5 Å². The van der Waals surface area contributed by atoms with Crippen molar-refractivity contribution in [3.05, 3.63) is 0 Å². The Morgan fingerprint density at radius 3 is 1.41 bits per heavy atom. The van der Waals surface area contributed by atoms with E-state index < -0.39 is 33.5 Å². The van der Waals surface area contributed by atoms with Crippen molar-refractivity contribution in [1.82, 2.24) is 0 Å². The van der Waals surface area contributed by atoms with Crippen molar-refractivity contribution < 1.29 is 22.7 Å². The molecule has 0 aliphatic rings. The smallest absolute Gasteiger partial charge is 0.350 e. The van der Waals surface area contributed by atoms with Crippen molar-refractivity contribution in [1.29, 1.82) is 0 Å². The molecule has 0 bridgehead atoms. The molecule has 29 heavy (non-hydrogen) atoms. The summed E-state index contributed by atoms with van der Waals surface area (Å²) in [6.45, 7) is 2.42. The van der Waals surface area contributed by atoms with Gasteiger partial charge in [-0.25, -0.2) is 4.79 Å². The molecule has 0 aliphatic carbocycles. The van der Waals surface area contributed by atoms with Gasteiger partial charge in [0.15, 0.2) is 4.86 Å². The fraction of sp³-hybridized carbons (Fsp3) is 0.864. The van der Waals surface area contributed by atoms with Crippen molar-refractivity contribution in [3.8, 4) is 0 Å². The zero-order chi connectivity index (χ0) is 21.7. The summed E-state index contributed by atoms with van der Waals surface area (Å²) >= 11 is 0. The lowest BCUT2D eigenvalue weighted by atomic mass is 10.0. The SMILES string of the molecule is CCCCCCCCCCCCCCCCCCOC(=O)C(CC(N)=O)=S(=O)=O. The predicted molar refractivity (Wildman–Crippen MR) is 118 cm³/mol. The number of esters is 1. The molecular formula is C22H41NO5S. The molecule has 0 aliphatic heterocycles. The molecule has 0 aromatic carbocycles. The molecule has 0 saturated carbocycles. The highest BCUT2D eigenvalue weighted by Crippen LogP contribution is 2.13. The van der Waals surface area contributed by atoms with Crippen LogP contribution in [0.5, 0.6) is 0 Å². The number of hydrogen-bond donors (Lipinski definition) is 1. The molecule has 0 aromatic rings. The van der Waals surface area contributed by atoms with E-state index in [1.54, 1.807) is 0 Å². The van der Waals surface area contributed by atoms with Gasteiger partial charge in [0, 0.05) is 0 Å². The first-order valence-corrected chi connectivity index (χ1v) is 12.5. The molecule has 0 saturated heterocycles. The molecule has 1 amide bonds. The third kappa shape index (κ3) is 18.4. The molecule has 6 nitrogen and oxygen atoms in total. The summed E-state index contributed by atoms with van der Waals surface area (Å²) in [5.41, 5.74) is 4.92. The van der Waals surface area contributed by atoms with Gasteiger partial charge in [-0.2, -0.15) is 8.42 Å². The van der Waals surface area contributed by atoms with Gasteiger partial charge in [0.2, 0.25) is 16.2 Å². The van der Waals surface area contributed by atoms with E-state index in [0.717, 1.165) is 12.8 Å². The molecule has 0 fully saturated rings. The Kier molecular flexibility index (Phi) is 19.0. The highest BCUT2D eigenvalue weighted by atomic mass is 32.2. The standard InChI is InChI=1S/C22H41NO5S/c1-2-3-4-5-6-7-8-9-10-11-12-13-14-15-16-17-18-28-22(25)20(29(26)27)19-21(23)24/h2-19H2,1H3,(H2,23,24). The van der Waals surface area contributed by atoms with Gasteiger partial charge in [0.05, 0.1) is 13.0 Å². The van der Waals surface area contributed by atoms with E-state index in [-0.39, 0.29) is 6.61 Å². The summed E-state index contributed by atoms with van der Waals surface area (Å²) < 4.78 is 26.7. The lowest BCUT2D eigenvalue weighted by Gasteiger charge is -2.05. The van der Waals surface area contributed by atoms with E-state index >= 15 is 0 Å². The van der Waals surface area contributed by atoms with Gasteiger partial charge in [-0.15, -0.1) is 0 Å². The number of rotatable bonds is 20. The maximum Gasteiger partial charge on any atom is 0.350 e. The molecule has 0 atom stereocenters. The van der Waals surface area contributed by atoms with Crippen LogP contribution in [0.1, 0.15) is 116 Å². The Morgan fingerprint density at radius 2 is 1.07 bits per heavy atom. The molecule has 7 heteroatoms. The second kappa shape index (κ2) is 19.9. The number of unbranched alkanes of at least 4 members (excludes halogenated alkanes) is 15. The minimum absolute atomic E-state index is 0.163. The average molecular weight is 432 g/mol. The lowest BCUT2D eigenvalue weighted by molar-refractivity contribution is -0.136. The van der Waals surface area contributed by atoms with Crippen molar-refractivity contribution in [3.63, 3.8) is 0 Å². The van der Waals surface area contributed by atoms with Crippen LogP contribution in [0.2, 0.25) is 0 Å². The van der Waals surface area contributed by atoms with Crippen LogP contribution in [0.15, 0.2) is 0 Å². The van der Waals surface area contributed by atoms with E-state index in [9.17, 15) is 18.0 Å². The van der Waals surface area contributed by atoms with E-state index in [1.807, 2.05) is 0 Å². The van der Waals surface area contributed by atoms with Gasteiger partial charge in [0.1, 0.15) is 0 Å². The van der Waals surface area contributed by atoms with Crippen molar-refractivity contribution in [2.24, 2.45) is 5.73 Å². The van der Waals surface area contributed by atoms with Crippen LogP contribution >= 0.6 is 0 Å². The monoisotopic (exact) mass is 431 g/mol. The number of amides is 1. The summed E-state index contributed by atoms with van der Waals surface area (Å²) in [5.74, 6) is -1.85. The van der Waals surface area contributed by atoms with Gasteiger partial charge in [0.25, 0.3) is 0 Å². The third-order valence-corrected chi connectivity index (χ3v) is 5.71. The van der Waals surface area contributed by atoms with Gasteiger partial charge < -0.3 is 10.5 Å². The molecule has 0 rings (SSSR count). The Bertz CT molecular complexity index is 564. The normalized spacial score (nSPS) is 10.7. The first-order valence-electron chi connectivity index (χ1n) is 11.4. The van der Waals surface area contributed by atoms with Crippen LogP contribution in [0.4, 0.5) is 0 Å². The maximum absolute atomic E-state index is 11.6. The average Bonchev–Trinajstić information content (AvgIpc) is 2.68. The third-order valence-electron chi connectivity index (χ3n) is 4.99. The molecule has 0 heterocycles. The van der Waals surface area contributed by atoms with Crippen LogP contribution in [0.25, 0.3) is 0 Å². The van der Waals surface area contributed by atoms with Crippen molar-refractivity contribution in [2.75, 3.05) is 6.61 Å². The minimum Gasteiger partial charge on any atom is -0.462 e. The fourth-order valence-electron chi connectivity index (χ4n) is 3.25. The summed E-state index contributed by atoms with van der Waals surface area (Å²) in [6.07, 6.45) is 19.5. The first kappa shape index (κ1) is 27.6. The number of carbonyl (C=O) groups excluding carboxylic acids is 2. The Balaban J connectivity index is 3.42. The first-order chi connectivity index (χ1) is 14.0. The van der Waals surface area contributed by atoms with E-state index in [2.05, 4.69) is 6.92 Å². The van der Waals surface area contributed by atoms with Gasteiger partial charge in [-0.1, -0.05) is 103 Å². The summed E-state index contributed by atoms with van der Waals surface area (Å²) in [6, 6.07) is 0. The Morgan fingerprint density at radius 1 is 0.690 bits per heavy atom. The lowest BCUT2D eigenvalue weighted by Crippen LogP contribution is -2.25. The number of ether oxygens (including phenoxy) is 1. The van der Waals surface area contributed by atoms with Crippen LogP contribution in [-0.4, -0.2) is 31.8 Å². The second-order valence-corrected chi connectivity index (χ2v) is 8.70. The molecular weight excluding hydrogens is 390 g/mol. The summed E-state index contributed by atoms with van der Waals surface area (Å²) in [4.78, 5) is 21.8. The van der Waals surface area contributed by atoms with Gasteiger partial charge >= 0.3 is 5.97 Å². The van der Waals surface area contributed by atoms with Gasteiger partial charge in [-0.05, 0) is 6.42 Å². The quantitative estimate of drug-likeness (QED) is 0.171. The van der Waals surface area contributed by atoms with Crippen LogP contribution < -0.4 is 5.73 Å². The topological polar surface area (TPSA) is 104 Å². The molecule has 0 unspecified atom stereocenters. The van der Waals surface area contributed by atoms with Crippen LogP contribution in [0.3, 0.4) is 0 Å². The summed E-state index contributed by atoms with van der Waals surface area (Å²) in [7, 11) is -2.78. The predicted octanol–water partition coefficient (Wildman–Crippen LogP) is 4.72. The molecule has 170 valence electrons. The highest BCUT2D eigenvalue weighted by molar-refractivity contribution is 7.74. The van der Waals surface area contributed by atoms with Crippen LogP contribution in [0, 0.1) is 0 Å². The largest absolute Gasteiger partial charge is 0.462 e. The fourth-order valence-corrected chi connectivity index (χ4v) is 3.71. The molecule has 2 N–H and O–H groups in total. The molecule has 0 aromatic heterocycles. The Hall–Kier alpha value is -1.37. The molecule has 0 spiro atoms. The highest BCUT2D eigenvalue weighted by Gasteiger charge is 2.17. The number of nitrogens with two attached hydrogens (primary N) is 1. The van der Waals surface area contributed by atoms with Crippen molar-refractivity contribution >= 4 is 27.0 Å². The Labute approximate surface area is 178 Å². The molecule has 0 radical (unpaired) electrons.